The van der Waals surface area contributed by atoms with Gasteiger partial charge in [0.1, 0.15) is 0 Å². The summed E-state index contributed by atoms with van der Waals surface area (Å²) in [6, 6.07) is 9.51. The molecule has 0 saturated carbocycles. The van der Waals surface area contributed by atoms with Crippen LogP contribution in [0, 0.1) is 0 Å². The van der Waals surface area contributed by atoms with Crippen molar-refractivity contribution in [1.29, 1.82) is 0 Å². The molecule has 8 heteroatoms. The second-order valence-electron chi connectivity index (χ2n) is 5.57. The number of urea groups is 1. The van der Waals surface area contributed by atoms with E-state index in [0.717, 1.165) is 6.42 Å². The molecule has 0 aliphatic rings. The molecule has 3 amide bonds. The van der Waals surface area contributed by atoms with Gasteiger partial charge in [0, 0.05) is 24.0 Å². The number of nitrogens with one attached hydrogen (secondary N) is 3. The third-order valence-electron chi connectivity index (χ3n) is 3.57. The molecule has 0 spiro atoms. The van der Waals surface area contributed by atoms with Crippen molar-refractivity contribution in [1.82, 2.24) is 5.32 Å². The van der Waals surface area contributed by atoms with E-state index in [-0.39, 0.29) is 11.9 Å². The topological polar surface area (TPSA) is 88.7 Å². The lowest BCUT2D eigenvalue weighted by molar-refractivity contribution is 0.102. The smallest absolute Gasteiger partial charge is 0.318 e. The second kappa shape index (κ2) is 9.68. The molecular weight excluding hydrogens is 370 g/mol. The number of rotatable bonds is 7. The number of carbonyl (C=O) groups excluding carboxylic acids is 2. The van der Waals surface area contributed by atoms with Crippen molar-refractivity contribution in [3.05, 3.63) is 47.0 Å². The van der Waals surface area contributed by atoms with Crippen LogP contribution in [0.4, 0.5) is 16.2 Å². The van der Waals surface area contributed by atoms with E-state index >= 15 is 0 Å². The highest BCUT2D eigenvalue weighted by molar-refractivity contribution is 6.32. The quantitative estimate of drug-likeness (QED) is 0.661. The fourth-order valence-electron chi connectivity index (χ4n) is 2.23. The first kappa shape index (κ1) is 20.4. The van der Waals surface area contributed by atoms with Crippen LogP contribution in [0.25, 0.3) is 0 Å². The minimum Gasteiger partial charge on any atom is -0.493 e. The summed E-state index contributed by atoms with van der Waals surface area (Å²) >= 11 is 6.25. The van der Waals surface area contributed by atoms with Crippen molar-refractivity contribution in [2.24, 2.45) is 0 Å². The lowest BCUT2D eigenvalue weighted by Crippen LogP contribution is -2.24. The Morgan fingerprint density at radius 2 is 1.70 bits per heavy atom. The number of halogens is 1. The zero-order valence-electron chi connectivity index (χ0n) is 15.4. The average molecular weight is 392 g/mol. The maximum atomic E-state index is 12.5. The molecule has 3 N–H and O–H groups in total. The van der Waals surface area contributed by atoms with Crippen LogP contribution in [-0.4, -0.2) is 32.7 Å². The Bertz CT molecular complexity index is 809. The van der Waals surface area contributed by atoms with Crippen LogP contribution < -0.4 is 25.4 Å². The van der Waals surface area contributed by atoms with Crippen LogP contribution in [0.1, 0.15) is 23.7 Å². The number of anilines is 2. The fourth-order valence-corrected chi connectivity index (χ4v) is 2.49. The lowest BCUT2D eigenvalue weighted by Gasteiger charge is -2.14. The van der Waals surface area contributed by atoms with Crippen LogP contribution in [0.2, 0.25) is 5.02 Å². The summed E-state index contributed by atoms with van der Waals surface area (Å²) in [7, 11) is 3.02. The van der Waals surface area contributed by atoms with Gasteiger partial charge in [-0.1, -0.05) is 18.5 Å². The van der Waals surface area contributed by atoms with Crippen molar-refractivity contribution in [3.63, 3.8) is 0 Å². The molecular formula is C19H22ClN3O4. The molecule has 7 nitrogen and oxygen atoms in total. The molecule has 0 atom stereocenters. The van der Waals surface area contributed by atoms with E-state index in [1.54, 1.807) is 30.3 Å². The monoisotopic (exact) mass is 391 g/mol. The highest BCUT2D eigenvalue weighted by Crippen LogP contribution is 2.36. The number of hydrogen-bond donors (Lipinski definition) is 3. The second-order valence-corrected chi connectivity index (χ2v) is 5.98. The van der Waals surface area contributed by atoms with Gasteiger partial charge in [0.2, 0.25) is 0 Å². The zero-order chi connectivity index (χ0) is 19.8. The van der Waals surface area contributed by atoms with Gasteiger partial charge < -0.3 is 25.4 Å². The predicted octanol–water partition coefficient (Wildman–Crippen LogP) is 4.14. The molecule has 2 aromatic carbocycles. The SMILES string of the molecule is CCCOc1c(Cl)cc(C(=O)Nc2ccc(NC(=O)NC)cc2)cc1OC. The highest BCUT2D eigenvalue weighted by Gasteiger charge is 2.16. The molecule has 0 bridgehead atoms. The Kier molecular flexibility index (Phi) is 7.31. The molecule has 0 radical (unpaired) electrons. The van der Waals surface area contributed by atoms with Crippen molar-refractivity contribution < 1.29 is 19.1 Å². The summed E-state index contributed by atoms with van der Waals surface area (Å²) in [5.74, 6) is 0.470. The Hall–Kier alpha value is -2.93. The minimum atomic E-state index is -0.343. The standard InChI is InChI=1S/C19H22ClN3O4/c1-4-9-27-17-15(20)10-12(11-16(17)26-3)18(24)22-13-5-7-14(8-6-13)23-19(25)21-2/h5-8,10-11H,4,9H2,1-3H3,(H,22,24)(H2,21,23,25). The molecule has 0 aliphatic heterocycles. The van der Waals surface area contributed by atoms with E-state index in [2.05, 4.69) is 16.0 Å². The van der Waals surface area contributed by atoms with Crippen LogP contribution in [-0.2, 0) is 0 Å². The summed E-state index contributed by atoms with van der Waals surface area (Å²) < 4.78 is 10.9. The van der Waals surface area contributed by atoms with Crippen molar-refractivity contribution in [2.75, 3.05) is 31.4 Å². The van der Waals surface area contributed by atoms with E-state index in [9.17, 15) is 9.59 Å². The van der Waals surface area contributed by atoms with Gasteiger partial charge in [0.05, 0.1) is 18.7 Å². The zero-order valence-corrected chi connectivity index (χ0v) is 16.1. The van der Waals surface area contributed by atoms with E-state index in [0.29, 0.717) is 40.1 Å². The third kappa shape index (κ3) is 5.52. The van der Waals surface area contributed by atoms with E-state index in [1.165, 1.54) is 20.2 Å². The predicted molar refractivity (Wildman–Crippen MR) is 106 cm³/mol. The van der Waals surface area contributed by atoms with Gasteiger partial charge in [0.25, 0.3) is 5.91 Å². The summed E-state index contributed by atoms with van der Waals surface area (Å²) in [5.41, 5.74) is 1.52. The maximum absolute atomic E-state index is 12.5. The van der Waals surface area contributed by atoms with Crippen LogP contribution in [0.3, 0.4) is 0 Å². The molecule has 0 unspecified atom stereocenters. The summed E-state index contributed by atoms with van der Waals surface area (Å²) in [5, 5.41) is 8.17. The molecule has 0 fully saturated rings. The highest BCUT2D eigenvalue weighted by atomic mass is 35.5. The number of hydrogen-bond acceptors (Lipinski definition) is 4. The van der Waals surface area contributed by atoms with Crippen LogP contribution >= 0.6 is 11.6 Å². The molecule has 2 rings (SSSR count). The molecule has 0 heterocycles. The average Bonchev–Trinajstić information content (AvgIpc) is 2.67. The number of amides is 3. The first-order chi connectivity index (χ1) is 13.0. The normalized spacial score (nSPS) is 10.1. The number of carbonyl (C=O) groups is 2. The molecule has 0 aliphatic carbocycles. The number of ether oxygens (including phenoxy) is 2. The molecule has 0 saturated heterocycles. The van der Waals surface area contributed by atoms with Crippen molar-refractivity contribution >= 4 is 34.9 Å². The van der Waals surface area contributed by atoms with E-state index in [4.69, 9.17) is 21.1 Å². The Morgan fingerprint density at radius 1 is 1.07 bits per heavy atom. The third-order valence-corrected chi connectivity index (χ3v) is 3.85. The van der Waals surface area contributed by atoms with Crippen molar-refractivity contribution in [2.45, 2.75) is 13.3 Å². The van der Waals surface area contributed by atoms with Crippen molar-refractivity contribution in [3.8, 4) is 11.5 Å². The first-order valence-corrected chi connectivity index (χ1v) is 8.76. The number of methoxy groups -OCH3 is 1. The Balaban J connectivity index is 2.13. The molecule has 2 aromatic rings. The van der Waals surface area contributed by atoms with Gasteiger partial charge in [-0.25, -0.2) is 4.79 Å². The largest absolute Gasteiger partial charge is 0.493 e. The molecule has 0 aromatic heterocycles. The van der Waals surface area contributed by atoms with Gasteiger partial charge in [-0.15, -0.1) is 0 Å². The first-order valence-electron chi connectivity index (χ1n) is 8.39. The summed E-state index contributed by atoms with van der Waals surface area (Å²) in [4.78, 5) is 23.8. The number of benzene rings is 2. The minimum absolute atomic E-state index is 0.304. The van der Waals surface area contributed by atoms with Gasteiger partial charge in [0.15, 0.2) is 11.5 Å². The van der Waals surface area contributed by atoms with E-state index in [1.807, 2.05) is 6.92 Å². The van der Waals surface area contributed by atoms with Gasteiger partial charge in [-0.2, -0.15) is 0 Å². The van der Waals surface area contributed by atoms with Gasteiger partial charge in [-0.05, 0) is 42.8 Å². The van der Waals surface area contributed by atoms with E-state index < -0.39 is 0 Å². The maximum Gasteiger partial charge on any atom is 0.318 e. The Labute approximate surface area is 163 Å². The Morgan fingerprint density at radius 3 is 2.26 bits per heavy atom. The summed E-state index contributed by atoms with van der Waals surface area (Å²) in [6.45, 7) is 2.48. The summed E-state index contributed by atoms with van der Waals surface area (Å²) in [6.07, 6.45) is 0.826. The van der Waals surface area contributed by atoms with Crippen LogP contribution in [0.5, 0.6) is 11.5 Å². The lowest BCUT2D eigenvalue weighted by atomic mass is 10.1. The molecule has 144 valence electrons. The van der Waals surface area contributed by atoms with Gasteiger partial charge >= 0.3 is 6.03 Å². The van der Waals surface area contributed by atoms with Crippen LogP contribution in [0.15, 0.2) is 36.4 Å². The fraction of sp³-hybridized carbons (Fsp3) is 0.263. The van der Waals surface area contributed by atoms with Gasteiger partial charge in [-0.3, -0.25) is 4.79 Å². The molecule has 27 heavy (non-hydrogen) atoms.